The van der Waals surface area contributed by atoms with E-state index in [-0.39, 0.29) is 24.4 Å². The molecule has 1 aromatic heterocycles. The van der Waals surface area contributed by atoms with Gasteiger partial charge in [-0.05, 0) is 45.8 Å². The van der Waals surface area contributed by atoms with Gasteiger partial charge in [0.05, 0.1) is 5.52 Å². The molecule has 0 spiro atoms. The van der Waals surface area contributed by atoms with Gasteiger partial charge in [-0.2, -0.15) is 5.10 Å². The zero-order valence-corrected chi connectivity index (χ0v) is 13.8. The number of hydrogen-bond donors (Lipinski definition) is 2. The largest absolute Gasteiger partial charge is 0.332 e. The zero-order chi connectivity index (χ0) is 14.8. The number of halogens is 1. The molecule has 0 atom stereocenters. The van der Waals surface area contributed by atoms with E-state index in [0.29, 0.717) is 11.7 Å². The third-order valence-corrected chi connectivity index (χ3v) is 4.17. The predicted molar refractivity (Wildman–Crippen MR) is 90.5 cm³/mol. The molecular weight excluding hydrogens is 300 g/mol. The van der Waals surface area contributed by atoms with E-state index in [1.165, 1.54) is 0 Å². The minimum atomic E-state index is 0. The Labute approximate surface area is 136 Å². The van der Waals surface area contributed by atoms with Crippen LogP contribution in [0, 0.1) is 0 Å². The summed E-state index contributed by atoms with van der Waals surface area (Å²) in [5.41, 5.74) is 1.45. The number of nitrogens with one attached hydrogen (secondary N) is 2. The summed E-state index contributed by atoms with van der Waals surface area (Å²) >= 11 is 0. The average molecular weight is 323 g/mol. The van der Waals surface area contributed by atoms with E-state index in [0.717, 1.165) is 36.8 Å². The van der Waals surface area contributed by atoms with E-state index in [2.05, 4.69) is 29.4 Å². The lowest BCUT2D eigenvalue weighted by atomic mass is 10.0. The molecule has 1 aliphatic rings. The zero-order valence-electron chi connectivity index (χ0n) is 13.0. The SMILES string of the molecule is CC(C)N(C(=O)c1n[nH]c2ccccc12)C1CCNCC1.Cl. The van der Waals surface area contributed by atoms with Crippen LogP contribution in [0.4, 0.5) is 0 Å². The van der Waals surface area contributed by atoms with Crippen LogP contribution in [0.3, 0.4) is 0 Å². The van der Waals surface area contributed by atoms with Crippen LogP contribution in [0.2, 0.25) is 0 Å². The Kier molecular flexibility index (Phi) is 5.42. The van der Waals surface area contributed by atoms with Gasteiger partial charge in [0.25, 0.3) is 5.91 Å². The maximum Gasteiger partial charge on any atom is 0.275 e. The number of piperidine rings is 1. The number of rotatable bonds is 3. The van der Waals surface area contributed by atoms with Gasteiger partial charge in [-0.25, -0.2) is 0 Å². The van der Waals surface area contributed by atoms with Gasteiger partial charge in [-0.1, -0.05) is 18.2 Å². The molecule has 120 valence electrons. The van der Waals surface area contributed by atoms with E-state index < -0.39 is 0 Å². The highest BCUT2D eigenvalue weighted by atomic mass is 35.5. The van der Waals surface area contributed by atoms with Crippen LogP contribution < -0.4 is 5.32 Å². The molecule has 0 unspecified atom stereocenters. The summed E-state index contributed by atoms with van der Waals surface area (Å²) in [5, 5.41) is 11.5. The lowest BCUT2D eigenvalue weighted by Gasteiger charge is -2.37. The highest BCUT2D eigenvalue weighted by Crippen LogP contribution is 2.22. The molecule has 1 saturated heterocycles. The first kappa shape index (κ1) is 16.8. The van der Waals surface area contributed by atoms with Crippen molar-refractivity contribution in [3.8, 4) is 0 Å². The molecule has 0 radical (unpaired) electrons. The highest BCUT2D eigenvalue weighted by molar-refractivity contribution is 6.04. The van der Waals surface area contributed by atoms with Crippen LogP contribution in [-0.4, -0.2) is 46.2 Å². The molecular formula is C16H23ClN4O. The van der Waals surface area contributed by atoms with Crippen molar-refractivity contribution in [1.82, 2.24) is 20.4 Å². The Morgan fingerprint density at radius 3 is 2.64 bits per heavy atom. The van der Waals surface area contributed by atoms with Crippen molar-refractivity contribution in [3.05, 3.63) is 30.0 Å². The maximum atomic E-state index is 13.0. The van der Waals surface area contributed by atoms with Gasteiger partial charge in [0.1, 0.15) is 0 Å². The van der Waals surface area contributed by atoms with Crippen molar-refractivity contribution in [2.75, 3.05) is 13.1 Å². The summed E-state index contributed by atoms with van der Waals surface area (Å²) in [4.78, 5) is 15.0. The average Bonchev–Trinajstić information content (AvgIpc) is 2.92. The topological polar surface area (TPSA) is 61.0 Å². The minimum absolute atomic E-state index is 0. The van der Waals surface area contributed by atoms with Crippen molar-refractivity contribution in [1.29, 1.82) is 0 Å². The Morgan fingerprint density at radius 1 is 1.27 bits per heavy atom. The lowest BCUT2D eigenvalue weighted by molar-refractivity contribution is 0.0561. The number of carbonyl (C=O) groups is 1. The number of fused-ring (bicyclic) bond motifs is 1. The normalized spacial score (nSPS) is 15.8. The van der Waals surface area contributed by atoms with Crippen molar-refractivity contribution in [3.63, 3.8) is 0 Å². The number of aromatic nitrogens is 2. The first-order valence-electron chi connectivity index (χ1n) is 7.65. The Balaban J connectivity index is 0.00000176. The van der Waals surface area contributed by atoms with Crippen molar-refractivity contribution < 1.29 is 4.79 Å². The number of carbonyl (C=O) groups excluding carboxylic acids is 1. The summed E-state index contributed by atoms with van der Waals surface area (Å²) in [5.74, 6) is 0.0364. The van der Waals surface area contributed by atoms with Gasteiger partial charge in [-0.3, -0.25) is 9.89 Å². The molecule has 1 aliphatic heterocycles. The quantitative estimate of drug-likeness (QED) is 0.913. The molecule has 5 nitrogen and oxygen atoms in total. The van der Waals surface area contributed by atoms with E-state index in [4.69, 9.17) is 0 Å². The number of aromatic amines is 1. The fourth-order valence-electron chi connectivity index (χ4n) is 3.16. The second kappa shape index (κ2) is 7.11. The third-order valence-electron chi connectivity index (χ3n) is 4.17. The number of benzene rings is 1. The summed E-state index contributed by atoms with van der Waals surface area (Å²) in [6.07, 6.45) is 2.01. The lowest BCUT2D eigenvalue weighted by Crippen LogP contribution is -2.49. The maximum absolute atomic E-state index is 13.0. The molecule has 1 fully saturated rings. The standard InChI is InChI=1S/C16H22N4O.ClH/c1-11(2)20(12-7-9-17-10-8-12)16(21)15-13-5-3-4-6-14(13)18-19-15;/h3-6,11-12,17H,7-10H2,1-2H3,(H,18,19);1H. The van der Waals surface area contributed by atoms with Crippen molar-refractivity contribution in [2.24, 2.45) is 0 Å². The van der Waals surface area contributed by atoms with Crippen molar-refractivity contribution >= 4 is 29.2 Å². The monoisotopic (exact) mass is 322 g/mol. The molecule has 0 saturated carbocycles. The molecule has 2 aromatic rings. The Hall–Kier alpha value is -1.59. The van der Waals surface area contributed by atoms with E-state index in [1.807, 2.05) is 29.2 Å². The minimum Gasteiger partial charge on any atom is -0.332 e. The van der Waals surface area contributed by atoms with Gasteiger partial charge in [0, 0.05) is 17.5 Å². The molecule has 0 bridgehead atoms. The number of nitrogens with zero attached hydrogens (tertiary/aromatic N) is 2. The van der Waals surface area contributed by atoms with Crippen LogP contribution >= 0.6 is 12.4 Å². The highest BCUT2D eigenvalue weighted by Gasteiger charge is 2.30. The second-order valence-electron chi connectivity index (χ2n) is 5.91. The molecule has 6 heteroatoms. The summed E-state index contributed by atoms with van der Waals surface area (Å²) in [6.45, 7) is 6.11. The van der Waals surface area contributed by atoms with Crippen LogP contribution in [0.25, 0.3) is 10.9 Å². The summed E-state index contributed by atoms with van der Waals surface area (Å²) in [7, 11) is 0. The van der Waals surface area contributed by atoms with Crippen LogP contribution in [0.1, 0.15) is 37.2 Å². The Bertz CT molecular complexity index is 634. The Morgan fingerprint density at radius 2 is 1.95 bits per heavy atom. The molecule has 2 heterocycles. The number of amides is 1. The predicted octanol–water partition coefficient (Wildman–Crippen LogP) is 2.59. The molecule has 22 heavy (non-hydrogen) atoms. The number of hydrogen-bond acceptors (Lipinski definition) is 3. The first-order valence-corrected chi connectivity index (χ1v) is 7.65. The second-order valence-corrected chi connectivity index (χ2v) is 5.91. The van der Waals surface area contributed by atoms with Gasteiger partial charge in [-0.15, -0.1) is 12.4 Å². The third kappa shape index (κ3) is 3.10. The molecule has 1 aromatic carbocycles. The molecule has 0 aliphatic carbocycles. The van der Waals surface area contributed by atoms with Crippen LogP contribution in [0.15, 0.2) is 24.3 Å². The number of para-hydroxylation sites is 1. The van der Waals surface area contributed by atoms with Crippen molar-refractivity contribution in [2.45, 2.75) is 38.8 Å². The fraction of sp³-hybridized carbons (Fsp3) is 0.500. The van der Waals surface area contributed by atoms with Gasteiger partial charge in [0.15, 0.2) is 5.69 Å². The molecule has 3 rings (SSSR count). The summed E-state index contributed by atoms with van der Waals surface area (Å²) < 4.78 is 0. The summed E-state index contributed by atoms with van der Waals surface area (Å²) in [6, 6.07) is 8.27. The van der Waals surface area contributed by atoms with E-state index in [1.54, 1.807) is 0 Å². The molecule has 1 amide bonds. The smallest absolute Gasteiger partial charge is 0.275 e. The fourth-order valence-corrected chi connectivity index (χ4v) is 3.16. The van der Waals surface area contributed by atoms with Gasteiger partial charge >= 0.3 is 0 Å². The van der Waals surface area contributed by atoms with E-state index >= 15 is 0 Å². The van der Waals surface area contributed by atoms with Crippen LogP contribution in [-0.2, 0) is 0 Å². The van der Waals surface area contributed by atoms with E-state index in [9.17, 15) is 4.79 Å². The van der Waals surface area contributed by atoms with Gasteiger partial charge in [0.2, 0.25) is 0 Å². The first-order chi connectivity index (χ1) is 10.2. The van der Waals surface area contributed by atoms with Gasteiger partial charge < -0.3 is 10.2 Å². The van der Waals surface area contributed by atoms with Crippen LogP contribution in [0.5, 0.6) is 0 Å². The molecule has 2 N–H and O–H groups in total. The number of H-pyrrole nitrogens is 1.